The minimum atomic E-state index is 1.15. The molecule has 262 valence electrons. The quantitative estimate of drug-likeness (QED) is 0.162. The third kappa shape index (κ3) is 5.26. The van der Waals surface area contributed by atoms with Crippen LogP contribution in [-0.2, 0) is 0 Å². The number of fused-ring (bicyclic) bond motifs is 6. The van der Waals surface area contributed by atoms with E-state index in [4.69, 9.17) is 0 Å². The topological polar surface area (TPSA) is 9.86 Å². The van der Waals surface area contributed by atoms with Gasteiger partial charge in [-0.25, -0.2) is 0 Å². The van der Waals surface area contributed by atoms with Crippen molar-refractivity contribution >= 4 is 43.6 Å². The van der Waals surface area contributed by atoms with Gasteiger partial charge in [0, 0.05) is 32.9 Å². The molecule has 0 saturated heterocycles. The molecular weight excluding hydrogens is 677 g/mol. The largest absolute Gasteiger partial charge is 0.309 e. The molecule has 0 aliphatic carbocycles. The normalized spacial score (nSPS) is 11.6. The van der Waals surface area contributed by atoms with Gasteiger partial charge < -0.3 is 9.13 Å². The highest BCUT2D eigenvalue weighted by atomic mass is 15.0. The molecule has 11 rings (SSSR count). The van der Waals surface area contributed by atoms with Crippen LogP contribution in [0, 0.1) is 0 Å². The van der Waals surface area contributed by atoms with Crippen molar-refractivity contribution in [3.05, 3.63) is 218 Å². The van der Waals surface area contributed by atoms with Gasteiger partial charge in [0.05, 0.1) is 22.1 Å². The summed E-state index contributed by atoms with van der Waals surface area (Å²) in [6.07, 6.45) is 0. The van der Waals surface area contributed by atoms with Crippen LogP contribution in [0.3, 0.4) is 0 Å². The van der Waals surface area contributed by atoms with Gasteiger partial charge in [0.1, 0.15) is 0 Å². The van der Waals surface area contributed by atoms with E-state index in [1.54, 1.807) is 0 Å². The standard InChI is InChI=1S/C54H36N2/c1-5-15-37(16-6-1)42-25-29-47-50-34-41(26-31-52(50)55(54(47)35-42)43-21-11-4-12-22-43)40-27-32-53-49(33-40)46-23-13-14-24-51(46)56(53)44-28-30-45(38-17-7-2-8-18-38)48(36-44)39-19-9-3-10-20-39/h1-36H. The molecule has 0 aliphatic rings. The molecule has 0 unspecified atom stereocenters. The molecule has 0 fully saturated rings. The number of nitrogens with zero attached hydrogens (tertiary/aromatic N) is 2. The van der Waals surface area contributed by atoms with Crippen molar-refractivity contribution in [2.75, 3.05) is 0 Å². The van der Waals surface area contributed by atoms with Crippen LogP contribution >= 0.6 is 0 Å². The van der Waals surface area contributed by atoms with E-state index in [0.717, 1.165) is 11.4 Å². The number of para-hydroxylation sites is 2. The Labute approximate surface area is 325 Å². The maximum Gasteiger partial charge on any atom is 0.0547 e. The zero-order valence-corrected chi connectivity index (χ0v) is 30.7. The Kier molecular flexibility index (Phi) is 7.53. The predicted molar refractivity (Wildman–Crippen MR) is 237 cm³/mol. The Balaban J connectivity index is 1.08. The van der Waals surface area contributed by atoms with E-state index >= 15 is 0 Å². The van der Waals surface area contributed by atoms with Crippen LogP contribution in [0.5, 0.6) is 0 Å². The first-order chi connectivity index (χ1) is 27.8. The zero-order chi connectivity index (χ0) is 37.0. The molecule has 0 saturated carbocycles. The maximum atomic E-state index is 2.43. The SMILES string of the molecule is c1ccc(-c2ccc3c4cc(-c5ccc6c(c5)c5ccccc5n6-c5ccc(-c6ccccc6)c(-c6ccccc6)c5)ccc4n(-c4ccccc4)c3c2)cc1. The fourth-order valence-corrected chi connectivity index (χ4v) is 8.69. The van der Waals surface area contributed by atoms with Crippen molar-refractivity contribution in [3.63, 3.8) is 0 Å². The van der Waals surface area contributed by atoms with Gasteiger partial charge in [0.15, 0.2) is 0 Å². The molecule has 0 aliphatic heterocycles. The highest BCUT2D eigenvalue weighted by molar-refractivity contribution is 6.13. The van der Waals surface area contributed by atoms with Gasteiger partial charge in [-0.05, 0) is 105 Å². The van der Waals surface area contributed by atoms with Crippen molar-refractivity contribution in [3.8, 4) is 55.9 Å². The molecule has 0 amide bonds. The molecule has 0 bridgehead atoms. The monoisotopic (exact) mass is 712 g/mol. The maximum absolute atomic E-state index is 2.43. The fourth-order valence-electron chi connectivity index (χ4n) is 8.69. The minimum Gasteiger partial charge on any atom is -0.309 e. The van der Waals surface area contributed by atoms with E-state index in [9.17, 15) is 0 Å². The summed E-state index contributed by atoms with van der Waals surface area (Å²) in [7, 11) is 0. The molecule has 56 heavy (non-hydrogen) atoms. The summed E-state index contributed by atoms with van der Waals surface area (Å²) in [5.74, 6) is 0. The second-order valence-electron chi connectivity index (χ2n) is 14.5. The van der Waals surface area contributed by atoms with Gasteiger partial charge in [-0.3, -0.25) is 0 Å². The van der Waals surface area contributed by atoms with Crippen molar-refractivity contribution in [1.29, 1.82) is 0 Å². The van der Waals surface area contributed by atoms with Gasteiger partial charge in [-0.2, -0.15) is 0 Å². The lowest BCUT2D eigenvalue weighted by Crippen LogP contribution is -1.96. The lowest BCUT2D eigenvalue weighted by Gasteiger charge is -2.15. The molecule has 0 spiro atoms. The first-order valence-electron chi connectivity index (χ1n) is 19.3. The molecule has 0 atom stereocenters. The van der Waals surface area contributed by atoms with Gasteiger partial charge in [-0.1, -0.05) is 158 Å². The van der Waals surface area contributed by atoms with Gasteiger partial charge in [0.25, 0.3) is 0 Å². The summed E-state index contributed by atoms with van der Waals surface area (Å²) < 4.78 is 4.83. The summed E-state index contributed by atoms with van der Waals surface area (Å²) in [5.41, 5.74) is 16.8. The fraction of sp³-hybridized carbons (Fsp3) is 0. The lowest BCUT2D eigenvalue weighted by atomic mass is 9.94. The van der Waals surface area contributed by atoms with E-state index in [2.05, 4.69) is 228 Å². The van der Waals surface area contributed by atoms with Crippen LogP contribution in [0.1, 0.15) is 0 Å². The van der Waals surface area contributed by atoms with Crippen molar-refractivity contribution in [2.45, 2.75) is 0 Å². The average Bonchev–Trinajstić information content (AvgIpc) is 3.79. The molecule has 11 aromatic rings. The van der Waals surface area contributed by atoms with Gasteiger partial charge in [-0.15, -0.1) is 0 Å². The molecule has 9 aromatic carbocycles. The van der Waals surface area contributed by atoms with E-state index in [0.29, 0.717) is 0 Å². The van der Waals surface area contributed by atoms with Gasteiger partial charge >= 0.3 is 0 Å². The number of aromatic nitrogens is 2. The average molecular weight is 713 g/mol. The Hall–Kier alpha value is -7.42. The Morgan fingerprint density at radius 2 is 0.679 bits per heavy atom. The molecule has 2 aromatic heterocycles. The second-order valence-corrected chi connectivity index (χ2v) is 14.5. The first-order valence-corrected chi connectivity index (χ1v) is 19.3. The lowest BCUT2D eigenvalue weighted by molar-refractivity contribution is 1.18. The highest BCUT2D eigenvalue weighted by Crippen LogP contribution is 2.41. The summed E-state index contributed by atoms with van der Waals surface area (Å²) in [5, 5.41) is 4.98. The molecule has 0 N–H and O–H groups in total. The number of hydrogen-bond donors (Lipinski definition) is 0. The Morgan fingerprint density at radius 1 is 0.214 bits per heavy atom. The molecular formula is C54H36N2. The molecule has 2 heterocycles. The van der Waals surface area contributed by atoms with Crippen LogP contribution < -0.4 is 0 Å². The molecule has 2 nitrogen and oxygen atoms in total. The van der Waals surface area contributed by atoms with E-state index in [-0.39, 0.29) is 0 Å². The number of hydrogen-bond acceptors (Lipinski definition) is 0. The third-order valence-electron chi connectivity index (χ3n) is 11.3. The van der Waals surface area contributed by atoms with Crippen LogP contribution in [0.4, 0.5) is 0 Å². The van der Waals surface area contributed by atoms with E-state index in [1.165, 1.54) is 88.1 Å². The Bertz CT molecular complexity index is 3210. The van der Waals surface area contributed by atoms with Crippen molar-refractivity contribution in [2.24, 2.45) is 0 Å². The van der Waals surface area contributed by atoms with Gasteiger partial charge in [0.2, 0.25) is 0 Å². The molecule has 0 radical (unpaired) electrons. The van der Waals surface area contributed by atoms with Crippen LogP contribution in [-0.4, -0.2) is 9.13 Å². The van der Waals surface area contributed by atoms with Crippen LogP contribution in [0.2, 0.25) is 0 Å². The number of benzene rings is 9. The summed E-state index contributed by atoms with van der Waals surface area (Å²) in [6, 6.07) is 79.4. The van der Waals surface area contributed by atoms with E-state index in [1.807, 2.05) is 0 Å². The first kappa shape index (κ1) is 32.0. The summed E-state index contributed by atoms with van der Waals surface area (Å²) in [6.45, 7) is 0. The minimum absolute atomic E-state index is 1.15. The third-order valence-corrected chi connectivity index (χ3v) is 11.3. The van der Waals surface area contributed by atoms with Crippen molar-refractivity contribution < 1.29 is 0 Å². The van der Waals surface area contributed by atoms with Crippen LogP contribution in [0.25, 0.3) is 99.5 Å². The molecule has 2 heteroatoms. The number of rotatable bonds is 6. The predicted octanol–water partition coefficient (Wildman–Crippen LogP) is 14.5. The second kappa shape index (κ2) is 13.2. The Morgan fingerprint density at radius 3 is 1.32 bits per heavy atom. The summed E-state index contributed by atoms with van der Waals surface area (Å²) in [4.78, 5) is 0. The van der Waals surface area contributed by atoms with E-state index < -0.39 is 0 Å². The van der Waals surface area contributed by atoms with Crippen molar-refractivity contribution in [1.82, 2.24) is 9.13 Å². The van der Waals surface area contributed by atoms with Crippen LogP contribution in [0.15, 0.2) is 218 Å². The zero-order valence-electron chi connectivity index (χ0n) is 30.7. The highest BCUT2D eigenvalue weighted by Gasteiger charge is 2.18. The summed E-state index contributed by atoms with van der Waals surface area (Å²) >= 11 is 0. The smallest absolute Gasteiger partial charge is 0.0547 e.